The van der Waals surface area contributed by atoms with Crippen molar-refractivity contribution in [1.29, 1.82) is 0 Å². The Morgan fingerprint density at radius 2 is 2.50 bits per heavy atom. The quantitative estimate of drug-likeness (QED) is 0.523. The molecule has 1 atom stereocenters. The van der Waals surface area contributed by atoms with Gasteiger partial charge >= 0.3 is 12.1 Å². The normalized spacial score (nSPS) is 17.4. The number of carbonyl (C=O) groups excluding carboxylic acids is 2. The van der Waals surface area contributed by atoms with Gasteiger partial charge in [-0.3, -0.25) is 5.32 Å². The summed E-state index contributed by atoms with van der Waals surface area (Å²) in [4.78, 5) is 30.8. The van der Waals surface area contributed by atoms with Crippen LogP contribution in [0.4, 0.5) is 15.4 Å². The van der Waals surface area contributed by atoms with Gasteiger partial charge in [0, 0.05) is 11.1 Å². The van der Waals surface area contributed by atoms with Crippen LogP contribution in [0, 0.1) is 0 Å². The highest BCUT2D eigenvalue weighted by molar-refractivity contribution is 6.30. The second-order valence-electron chi connectivity index (χ2n) is 3.81. The van der Waals surface area contributed by atoms with Gasteiger partial charge in [0.05, 0.1) is 17.6 Å². The second-order valence-corrected chi connectivity index (χ2v) is 4.24. The number of pyridine rings is 1. The average molecular weight is 297 g/mol. The number of urea groups is 1. The number of anilines is 1. The van der Waals surface area contributed by atoms with Gasteiger partial charge < -0.3 is 4.74 Å². The summed E-state index contributed by atoms with van der Waals surface area (Å²) >= 11 is 5.67. The van der Waals surface area contributed by atoms with Crippen LogP contribution in [0.1, 0.15) is 0 Å². The molecule has 1 aliphatic heterocycles. The van der Waals surface area contributed by atoms with Gasteiger partial charge in [0.2, 0.25) is 0 Å². The highest BCUT2D eigenvalue weighted by atomic mass is 35.5. The number of rotatable bonds is 3. The molecule has 3 amide bonds. The van der Waals surface area contributed by atoms with E-state index in [9.17, 15) is 9.59 Å². The van der Waals surface area contributed by atoms with Gasteiger partial charge in [-0.05, 0) is 17.7 Å². The number of imide groups is 1. The maximum absolute atomic E-state index is 12.0. The summed E-state index contributed by atoms with van der Waals surface area (Å²) in [5.41, 5.74) is 8.27. The van der Waals surface area contributed by atoms with E-state index in [1.165, 1.54) is 12.3 Å². The maximum atomic E-state index is 12.0. The fourth-order valence-electron chi connectivity index (χ4n) is 1.59. The number of amides is 3. The molecule has 104 valence electrons. The molecule has 2 rings (SSSR count). The number of nitrogens with zero attached hydrogens (tertiary/aromatic N) is 5. The Hall–Kier alpha value is -2.51. The maximum Gasteiger partial charge on any atom is 0.418 e. The van der Waals surface area contributed by atoms with Gasteiger partial charge in [-0.1, -0.05) is 16.7 Å². The lowest BCUT2D eigenvalue weighted by Crippen LogP contribution is -2.43. The minimum absolute atomic E-state index is 0.0146. The average Bonchev–Trinajstić information content (AvgIpc) is 2.80. The molecule has 0 radical (unpaired) electrons. The fourth-order valence-corrected chi connectivity index (χ4v) is 1.71. The van der Waals surface area contributed by atoms with Crippen molar-refractivity contribution < 1.29 is 14.3 Å². The summed E-state index contributed by atoms with van der Waals surface area (Å²) in [5, 5.41) is 6.18. The predicted octanol–water partition coefficient (Wildman–Crippen LogP) is 2.40. The third-order valence-corrected chi connectivity index (χ3v) is 2.72. The Bertz CT molecular complexity index is 571. The molecule has 10 heteroatoms. The van der Waals surface area contributed by atoms with Crippen LogP contribution in [-0.2, 0) is 4.74 Å². The van der Waals surface area contributed by atoms with E-state index in [0.717, 1.165) is 4.90 Å². The number of halogens is 1. The Balaban J connectivity index is 2.07. The number of aromatic nitrogens is 1. The molecule has 1 aromatic heterocycles. The van der Waals surface area contributed by atoms with E-state index < -0.39 is 18.2 Å². The Labute approximate surface area is 118 Å². The lowest BCUT2D eigenvalue weighted by molar-refractivity contribution is 0.161. The van der Waals surface area contributed by atoms with Crippen molar-refractivity contribution in [3.05, 3.63) is 33.8 Å². The first-order valence-electron chi connectivity index (χ1n) is 5.51. The molecule has 0 aromatic carbocycles. The van der Waals surface area contributed by atoms with Crippen molar-refractivity contribution in [3.63, 3.8) is 0 Å². The molecule has 1 fully saturated rings. The zero-order valence-corrected chi connectivity index (χ0v) is 10.8. The number of hydrogen-bond donors (Lipinski definition) is 1. The van der Waals surface area contributed by atoms with E-state index in [-0.39, 0.29) is 19.0 Å². The highest BCUT2D eigenvalue weighted by Gasteiger charge is 2.37. The number of carbonyl (C=O) groups is 2. The largest absolute Gasteiger partial charge is 0.447 e. The van der Waals surface area contributed by atoms with Crippen LogP contribution in [0.25, 0.3) is 10.4 Å². The fraction of sp³-hybridized carbons (Fsp3) is 0.300. The first kappa shape index (κ1) is 13.9. The lowest BCUT2D eigenvalue weighted by Gasteiger charge is -2.18. The molecule has 1 aliphatic rings. The molecule has 1 aromatic rings. The van der Waals surface area contributed by atoms with Crippen molar-refractivity contribution in [2.45, 2.75) is 6.04 Å². The summed E-state index contributed by atoms with van der Waals surface area (Å²) in [5.74, 6) is 0.238. The van der Waals surface area contributed by atoms with Crippen molar-refractivity contribution in [1.82, 2.24) is 9.88 Å². The standard InChI is InChI=1S/C10H9ClN6O3/c11-6-1-2-8(13-3-6)15-9(18)17-7(4-14-16-12)5-20-10(17)19/h1-3,7H,4-5H2,(H,13,15,18). The lowest BCUT2D eigenvalue weighted by atomic mass is 10.3. The van der Waals surface area contributed by atoms with E-state index in [2.05, 4.69) is 20.3 Å². The summed E-state index contributed by atoms with van der Waals surface area (Å²) in [7, 11) is 0. The molecular weight excluding hydrogens is 288 g/mol. The zero-order chi connectivity index (χ0) is 14.5. The highest BCUT2D eigenvalue weighted by Crippen LogP contribution is 2.16. The third kappa shape index (κ3) is 3.08. The molecule has 20 heavy (non-hydrogen) atoms. The molecule has 2 heterocycles. The van der Waals surface area contributed by atoms with Crippen LogP contribution < -0.4 is 5.32 Å². The van der Waals surface area contributed by atoms with Gasteiger partial charge in [-0.25, -0.2) is 19.5 Å². The van der Waals surface area contributed by atoms with Crippen LogP contribution in [0.15, 0.2) is 23.4 Å². The van der Waals surface area contributed by atoms with Gasteiger partial charge in [-0.15, -0.1) is 0 Å². The van der Waals surface area contributed by atoms with E-state index in [0.29, 0.717) is 5.02 Å². The van der Waals surface area contributed by atoms with Crippen LogP contribution in [0.3, 0.4) is 0 Å². The van der Waals surface area contributed by atoms with E-state index in [1.54, 1.807) is 6.07 Å². The monoisotopic (exact) mass is 296 g/mol. The molecular formula is C10H9ClN6O3. The summed E-state index contributed by atoms with van der Waals surface area (Å²) in [6, 6.07) is 1.69. The van der Waals surface area contributed by atoms with Crippen molar-refractivity contribution in [2.24, 2.45) is 5.11 Å². The van der Waals surface area contributed by atoms with Crippen LogP contribution in [0.5, 0.6) is 0 Å². The minimum Gasteiger partial charge on any atom is -0.447 e. The van der Waals surface area contributed by atoms with Crippen molar-refractivity contribution in [3.8, 4) is 0 Å². The predicted molar refractivity (Wildman–Crippen MR) is 69.3 cm³/mol. The van der Waals surface area contributed by atoms with Crippen molar-refractivity contribution in [2.75, 3.05) is 18.5 Å². The molecule has 9 nitrogen and oxygen atoms in total. The summed E-state index contributed by atoms with van der Waals surface area (Å²) in [6.07, 6.45) is 0.561. The van der Waals surface area contributed by atoms with E-state index >= 15 is 0 Å². The van der Waals surface area contributed by atoms with Gasteiger partial charge in [0.15, 0.2) is 0 Å². The van der Waals surface area contributed by atoms with E-state index in [1.807, 2.05) is 0 Å². The second kappa shape index (κ2) is 6.09. The van der Waals surface area contributed by atoms with Crippen molar-refractivity contribution >= 4 is 29.5 Å². The number of azide groups is 1. The molecule has 1 N–H and O–H groups in total. The number of ether oxygens (including phenoxy) is 1. The zero-order valence-electron chi connectivity index (χ0n) is 10.1. The third-order valence-electron chi connectivity index (χ3n) is 2.50. The number of hydrogen-bond acceptors (Lipinski definition) is 5. The smallest absolute Gasteiger partial charge is 0.418 e. The first-order valence-corrected chi connectivity index (χ1v) is 5.89. The number of nitrogens with one attached hydrogen (secondary N) is 1. The SMILES string of the molecule is [N-]=[N+]=NCC1COC(=O)N1C(=O)Nc1ccc(Cl)cn1. The Kier molecular flexibility index (Phi) is 4.24. The van der Waals surface area contributed by atoms with Crippen LogP contribution >= 0.6 is 11.6 Å². The van der Waals surface area contributed by atoms with Crippen LogP contribution in [-0.4, -0.2) is 41.2 Å². The Morgan fingerprint density at radius 3 is 3.15 bits per heavy atom. The molecule has 0 bridgehead atoms. The molecule has 0 spiro atoms. The first-order chi connectivity index (χ1) is 9.61. The van der Waals surface area contributed by atoms with Gasteiger partial charge in [0.25, 0.3) is 0 Å². The Morgan fingerprint density at radius 1 is 1.70 bits per heavy atom. The molecule has 0 saturated carbocycles. The molecule has 1 unspecified atom stereocenters. The van der Waals surface area contributed by atoms with E-state index in [4.69, 9.17) is 21.9 Å². The minimum atomic E-state index is -0.797. The topological polar surface area (TPSA) is 120 Å². The van der Waals surface area contributed by atoms with Crippen LogP contribution in [0.2, 0.25) is 5.02 Å². The molecule has 1 saturated heterocycles. The summed E-state index contributed by atoms with van der Waals surface area (Å²) < 4.78 is 4.75. The molecule has 0 aliphatic carbocycles. The number of cyclic esters (lactones) is 1. The van der Waals surface area contributed by atoms with Gasteiger partial charge in [-0.2, -0.15) is 0 Å². The van der Waals surface area contributed by atoms with Gasteiger partial charge in [0.1, 0.15) is 12.4 Å². The summed E-state index contributed by atoms with van der Waals surface area (Å²) in [6.45, 7) is -0.0664.